The highest BCUT2D eigenvalue weighted by Gasteiger charge is 2.20. The number of nitrogens with one attached hydrogen (secondary N) is 1. The number of hydrogen-bond donors (Lipinski definition) is 1. The molecule has 1 N–H and O–H groups in total. The van der Waals surface area contributed by atoms with Crippen molar-refractivity contribution in [1.29, 1.82) is 0 Å². The average molecular weight is 516 g/mol. The second kappa shape index (κ2) is 10.7. The van der Waals surface area contributed by atoms with Crippen molar-refractivity contribution in [1.82, 2.24) is 5.32 Å². The Bertz CT molecular complexity index is 885. The number of hydrogen-bond acceptors (Lipinski definition) is 4. The minimum atomic E-state index is -3.56. The van der Waals surface area contributed by atoms with Crippen LogP contribution in [0.5, 0.6) is 5.75 Å². The quantitative estimate of drug-likeness (QED) is 0.389. The van der Waals surface area contributed by atoms with Crippen LogP contribution in [-0.4, -0.2) is 40.3 Å². The molecule has 0 spiro atoms. The van der Waals surface area contributed by atoms with Crippen molar-refractivity contribution in [3.05, 3.63) is 57.7 Å². The first-order chi connectivity index (χ1) is 13.3. The van der Waals surface area contributed by atoms with E-state index >= 15 is 0 Å². The standard InChI is InChI=1S/C20H25IN2O4S/c1-3-27-19-9-5-4-7-16(19)8-6-14-22-20(24)15-23(28(2,25)26)18-12-10-17(21)11-13-18/h4-5,7,9-13H,3,6,8,14-15H2,1-2H3,(H,22,24). The molecule has 0 saturated carbocycles. The number of ether oxygens (including phenoxy) is 1. The van der Waals surface area contributed by atoms with Gasteiger partial charge in [-0.05, 0) is 78.3 Å². The summed E-state index contributed by atoms with van der Waals surface area (Å²) < 4.78 is 31.9. The number of para-hydroxylation sites is 1. The van der Waals surface area contributed by atoms with E-state index in [0.29, 0.717) is 18.8 Å². The van der Waals surface area contributed by atoms with Crippen molar-refractivity contribution in [2.24, 2.45) is 0 Å². The van der Waals surface area contributed by atoms with E-state index in [4.69, 9.17) is 4.74 Å². The molecule has 0 fully saturated rings. The molecule has 2 aromatic rings. The lowest BCUT2D eigenvalue weighted by Crippen LogP contribution is -2.40. The Kier molecular flexibility index (Phi) is 8.56. The van der Waals surface area contributed by atoms with Gasteiger partial charge in [0.25, 0.3) is 0 Å². The first kappa shape index (κ1) is 22.5. The Morgan fingerprint density at radius 1 is 1.14 bits per heavy atom. The first-order valence-corrected chi connectivity index (χ1v) is 11.9. The topological polar surface area (TPSA) is 75.7 Å². The third-order valence-corrected chi connectivity index (χ3v) is 5.88. The van der Waals surface area contributed by atoms with Crippen LogP contribution in [0.15, 0.2) is 48.5 Å². The van der Waals surface area contributed by atoms with E-state index in [9.17, 15) is 13.2 Å². The molecule has 0 aromatic heterocycles. The molecule has 0 unspecified atom stereocenters. The predicted molar refractivity (Wildman–Crippen MR) is 120 cm³/mol. The largest absolute Gasteiger partial charge is 0.494 e. The molecule has 0 bridgehead atoms. The van der Waals surface area contributed by atoms with Gasteiger partial charge in [0.05, 0.1) is 18.6 Å². The van der Waals surface area contributed by atoms with E-state index in [1.807, 2.05) is 43.3 Å². The van der Waals surface area contributed by atoms with Crippen LogP contribution < -0.4 is 14.4 Å². The number of sulfonamides is 1. The van der Waals surface area contributed by atoms with Crippen LogP contribution in [0, 0.1) is 3.57 Å². The molecule has 0 atom stereocenters. The summed E-state index contributed by atoms with van der Waals surface area (Å²) in [6.07, 6.45) is 2.60. The molecular weight excluding hydrogens is 491 g/mol. The normalized spacial score (nSPS) is 11.1. The number of nitrogens with zero attached hydrogens (tertiary/aromatic N) is 1. The first-order valence-electron chi connectivity index (χ1n) is 9.02. The number of halogens is 1. The molecule has 2 aromatic carbocycles. The van der Waals surface area contributed by atoms with Gasteiger partial charge in [-0.15, -0.1) is 0 Å². The molecule has 0 saturated heterocycles. The van der Waals surface area contributed by atoms with Crippen LogP contribution in [0.1, 0.15) is 18.9 Å². The van der Waals surface area contributed by atoms with Crippen molar-refractivity contribution in [3.8, 4) is 5.75 Å². The predicted octanol–water partition coefficient (Wildman–Crippen LogP) is 3.20. The molecular formula is C20H25IN2O4S. The molecule has 0 radical (unpaired) electrons. The van der Waals surface area contributed by atoms with E-state index in [0.717, 1.165) is 38.3 Å². The molecule has 0 aliphatic heterocycles. The van der Waals surface area contributed by atoms with Crippen LogP contribution in [-0.2, 0) is 21.2 Å². The smallest absolute Gasteiger partial charge is 0.240 e. The zero-order chi connectivity index (χ0) is 20.6. The van der Waals surface area contributed by atoms with E-state index in [1.165, 1.54) is 0 Å². The molecule has 2 rings (SSSR count). The number of carbonyl (C=O) groups excluding carboxylic acids is 1. The van der Waals surface area contributed by atoms with Gasteiger partial charge in [0.15, 0.2) is 0 Å². The monoisotopic (exact) mass is 516 g/mol. The molecule has 152 valence electrons. The van der Waals surface area contributed by atoms with Crippen molar-refractivity contribution >= 4 is 44.2 Å². The Hall–Kier alpha value is -1.81. The highest BCUT2D eigenvalue weighted by Crippen LogP contribution is 2.20. The lowest BCUT2D eigenvalue weighted by molar-refractivity contribution is -0.119. The van der Waals surface area contributed by atoms with Crippen molar-refractivity contribution in [2.75, 3.05) is 30.3 Å². The molecule has 6 nitrogen and oxygen atoms in total. The third-order valence-electron chi connectivity index (χ3n) is 4.02. The molecule has 28 heavy (non-hydrogen) atoms. The number of benzene rings is 2. The Morgan fingerprint density at radius 2 is 1.82 bits per heavy atom. The number of rotatable bonds is 10. The number of aryl methyl sites for hydroxylation is 1. The highest BCUT2D eigenvalue weighted by molar-refractivity contribution is 14.1. The summed E-state index contributed by atoms with van der Waals surface area (Å²) in [4.78, 5) is 12.3. The van der Waals surface area contributed by atoms with Gasteiger partial charge < -0.3 is 10.1 Å². The Balaban J connectivity index is 1.89. The number of amides is 1. The van der Waals surface area contributed by atoms with Gasteiger partial charge in [0.2, 0.25) is 15.9 Å². The highest BCUT2D eigenvalue weighted by atomic mass is 127. The van der Waals surface area contributed by atoms with Gasteiger partial charge in [-0.1, -0.05) is 18.2 Å². The maximum Gasteiger partial charge on any atom is 0.240 e. The molecule has 1 amide bonds. The summed E-state index contributed by atoms with van der Waals surface area (Å²) in [5, 5.41) is 2.80. The number of anilines is 1. The lowest BCUT2D eigenvalue weighted by atomic mass is 10.1. The van der Waals surface area contributed by atoms with E-state index in [1.54, 1.807) is 12.1 Å². The van der Waals surface area contributed by atoms with Gasteiger partial charge in [0, 0.05) is 10.1 Å². The molecule has 0 aliphatic rings. The lowest BCUT2D eigenvalue weighted by Gasteiger charge is -2.22. The minimum absolute atomic E-state index is 0.241. The molecule has 8 heteroatoms. The summed E-state index contributed by atoms with van der Waals surface area (Å²) >= 11 is 2.14. The van der Waals surface area contributed by atoms with Crippen molar-refractivity contribution in [2.45, 2.75) is 19.8 Å². The average Bonchev–Trinajstić information content (AvgIpc) is 2.65. The van der Waals surface area contributed by atoms with E-state index < -0.39 is 10.0 Å². The maximum atomic E-state index is 12.3. The van der Waals surface area contributed by atoms with Gasteiger partial charge >= 0.3 is 0 Å². The molecule has 0 aliphatic carbocycles. The maximum absolute atomic E-state index is 12.3. The van der Waals surface area contributed by atoms with E-state index in [2.05, 4.69) is 27.9 Å². The summed E-state index contributed by atoms with van der Waals surface area (Å²) in [6.45, 7) is 2.77. The van der Waals surface area contributed by atoms with Crippen molar-refractivity contribution in [3.63, 3.8) is 0 Å². The second-order valence-electron chi connectivity index (χ2n) is 6.24. The second-order valence-corrected chi connectivity index (χ2v) is 9.39. The van der Waals surface area contributed by atoms with Crippen molar-refractivity contribution < 1.29 is 17.9 Å². The van der Waals surface area contributed by atoms with Crippen LogP contribution in [0.2, 0.25) is 0 Å². The van der Waals surface area contributed by atoms with Gasteiger partial charge in [0.1, 0.15) is 12.3 Å². The van der Waals surface area contributed by atoms with E-state index in [-0.39, 0.29) is 12.5 Å². The zero-order valence-electron chi connectivity index (χ0n) is 16.0. The summed E-state index contributed by atoms with van der Waals surface area (Å²) in [5.41, 5.74) is 1.57. The third kappa shape index (κ3) is 6.97. The fraction of sp³-hybridized carbons (Fsp3) is 0.350. The van der Waals surface area contributed by atoms with Crippen LogP contribution in [0.25, 0.3) is 0 Å². The fourth-order valence-corrected chi connectivity index (χ4v) is 3.92. The van der Waals surface area contributed by atoms with Crippen LogP contribution in [0.3, 0.4) is 0 Å². The molecule has 0 heterocycles. The number of carbonyl (C=O) groups is 1. The summed E-state index contributed by atoms with van der Waals surface area (Å²) in [6, 6.07) is 14.8. The van der Waals surface area contributed by atoms with Gasteiger partial charge in [-0.25, -0.2) is 8.42 Å². The summed E-state index contributed by atoms with van der Waals surface area (Å²) in [5.74, 6) is 0.528. The van der Waals surface area contributed by atoms with Crippen LogP contribution >= 0.6 is 22.6 Å². The minimum Gasteiger partial charge on any atom is -0.494 e. The SMILES string of the molecule is CCOc1ccccc1CCCNC(=O)CN(c1ccc(I)cc1)S(C)(=O)=O. The Morgan fingerprint density at radius 3 is 2.46 bits per heavy atom. The van der Waals surface area contributed by atoms with Gasteiger partial charge in [-0.3, -0.25) is 9.10 Å². The zero-order valence-corrected chi connectivity index (χ0v) is 19.0. The van der Waals surface area contributed by atoms with Crippen LogP contribution in [0.4, 0.5) is 5.69 Å². The fourth-order valence-electron chi connectivity index (χ4n) is 2.71. The Labute approximate surface area is 180 Å². The van der Waals surface area contributed by atoms with Gasteiger partial charge in [-0.2, -0.15) is 0 Å². The summed E-state index contributed by atoms with van der Waals surface area (Å²) in [7, 11) is -3.56.